The van der Waals surface area contributed by atoms with Crippen LogP contribution in [0.2, 0.25) is 0 Å². The lowest BCUT2D eigenvalue weighted by molar-refractivity contribution is -0.142. The van der Waals surface area contributed by atoms with Crippen LogP contribution in [0.5, 0.6) is 5.75 Å². The molecule has 0 saturated heterocycles. The second kappa shape index (κ2) is 9.37. The number of nitrogens with one attached hydrogen (secondary N) is 1. The average Bonchev–Trinajstić information content (AvgIpc) is 2.39. The molecule has 1 N–H and O–H groups in total. The van der Waals surface area contributed by atoms with Crippen molar-refractivity contribution in [3.63, 3.8) is 0 Å². The van der Waals surface area contributed by atoms with Crippen LogP contribution in [0.25, 0.3) is 0 Å². The minimum absolute atomic E-state index is 0.172. The van der Waals surface area contributed by atoms with Gasteiger partial charge in [0.15, 0.2) is 0 Å². The molecule has 0 bridgehead atoms. The predicted octanol–water partition coefficient (Wildman–Crippen LogP) is 3.65. The van der Waals surface area contributed by atoms with Crippen molar-refractivity contribution < 1.29 is 14.3 Å². The van der Waals surface area contributed by atoms with Crippen LogP contribution in [-0.2, 0) is 16.1 Å². The molecule has 0 aliphatic rings. The molecule has 0 aliphatic heterocycles. The minimum Gasteiger partial charge on any atom is -0.492 e. The average molecular weight is 409 g/mol. The highest BCUT2D eigenvalue weighted by molar-refractivity contribution is 9.11. The Morgan fingerprint density at radius 1 is 1.20 bits per heavy atom. The van der Waals surface area contributed by atoms with Gasteiger partial charge >= 0.3 is 5.97 Å². The van der Waals surface area contributed by atoms with Gasteiger partial charge in [-0.1, -0.05) is 0 Å². The number of esters is 1. The van der Waals surface area contributed by atoms with Crippen molar-refractivity contribution in [2.45, 2.75) is 26.8 Å². The lowest BCUT2D eigenvalue weighted by atomic mass is 10.2. The first-order valence-corrected chi connectivity index (χ1v) is 8.14. The van der Waals surface area contributed by atoms with Crippen molar-refractivity contribution in [1.82, 2.24) is 5.32 Å². The number of carbonyl (C=O) groups is 1. The van der Waals surface area contributed by atoms with Gasteiger partial charge in [-0.3, -0.25) is 4.79 Å². The first-order valence-electron chi connectivity index (χ1n) is 6.55. The van der Waals surface area contributed by atoms with Crippen molar-refractivity contribution in [2.24, 2.45) is 0 Å². The van der Waals surface area contributed by atoms with E-state index in [4.69, 9.17) is 9.47 Å². The molecule has 0 heterocycles. The monoisotopic (exact) mass is 407 g/mol. The maximum atomic E-state index is 11.2. The molecule has 112 valence electrons. The molecule has 0 aliphatic carbocycles. The van der Waals surface area contributed by atoms with Gasteiger partial charge in [-0.05, 0) is 63.4 Å². The van der Waals surface area contributed by atoms with E-state index in [0.29, 0.717) is 32.7 Å². The van der Waals surface area contributed by atoms with Crippen molar-refractivity contribution in [2.75, 3.05) is 19.8 Å². The molecule has 4 nitrogen and oxygen atoms in total. The molecule has 1 rings (SSSR count). The van der Waals surface area contributed by atoms with Crippen LogP contribution in [0, 0.1) is 0 Å². The Hall–Kier alpha value is -0.590. The number of rotatable bonds is 8. The molecular weight excluding hydrogens is 390 g/mol. The summed E-state index contributed by atoms with van der Waals surface area (Å²) in [5.41, 5.74) is 1.11. The number of hydrogen-bond donors (Lipinski definition) is 1. The molecule has 0 unspecified atom stereocenters. The van der Waals surface area contributed by atoms with Crippen LogP contribution in [0.3, 0.4) is 0 Å². The van der Waals surface area contributed by atoms with E-state index in [1.165, 1.54) is 0 Å². The number of carbonyl (C=O) groups excluding carboxylic acids is 1. The van der Waals surface area contributed by atoms with E-state index in [9.17, 15) is 4.79 Å². The zero-order chi connectivity index (χ0) is 15.0. The van der Waals surface area contributed by atoms with Crippen LogP contribution in [0.4, 0.5) is 0 Å². The summed E-state index contributed by atoms with van der Waals surface area (Å²) in [6.45, 7) is 6.08. The van der Waals surface area contributed by atoms with E-state index in [0.717, 1.165) is 20.3 Å². The highest BCUT2D eigenvalue weighted by Gasteiger charge is 2.08. The molecule has 20 heavy (non-hydrogen) atoms. The fraction of sp³-hybridized carbons (Fsp3) is 0.500. The lowest BCUT2D eigenvalue weighted by Crippen LogP contribution is -2.19. The standard InChI is InChI=1S/C14H19Br2NO3/c1-3-19-13(18)5-6-17-9-10-7-11(15)14(20-4-2)12(16)8-10/h7-8,17H,3-6,9H2,1-2H3. The van der Waals surface area contributed by atoms with E-state index >= 15 is 0 Å². The molecule has 1 aromatic rings. The summed E-state index contributed by atoms with van der Waals surface area (Å²) < 4.78 is 12.2. The van der Waals surface area contributed by atoms with Crippen molar-refractivity contribution in [3.05, 3.63) is 26.6 Å². The van der Waals surface area contributed by atoms with Crippen LogP contribution in [0.15, 0.2) is 21.1 Å². The zero-order valence-corrected chi connectivity index (χ0v) is 14.8. The molecule has 0 fully saturated rings. The predicted molar refractivity (Wildman–Crippen MR) is 86.0 cm³/mol. The Morgan fingerprint density at radius 3 is 2.40 bits per heavy atom. The van der Waals surface area contributed by atoms with Crippen LogP contribution >= 0.6 is 31.9 Å². The molecular formula is C14H19Br2NO3. The third-order valence-electron chi connectivity index (χ3n) is 2.49. The van der Waals surface area contributed by atoms with E-state index < -0.39 is 0 Å². The van der Waals surface area contributed by atoms with Crippen LogP contribution < -0.4 is 10.1 Å². The Kier molecular flexibility index (Phi) is 8.18. The van der Waals surface area contributed by atoms with Crippen LogP contribution in [-0.4, -0.2) is 25.7 Å². The molecule has 0 aromatic heterocycles. The SMILES string of the molecule is CCOC(=O)CCNCc1cc(Br)c(OCC)c(Br)c1. The first kappa shape index (κ1) is 17.5. The summed E-state index contributed by atoms with van der Waals surface area (Å²) in [5.74, 6) is 0.636. The number of ether oxygens (including phenoxy) is 2. The molecule has 6 heteroatoms. The van der Waals surface area contributed by atoms with Gasteiger partial charge in [-0.2, -0.15) is 0 Å². The van der Waals surface area contributed by atoms with Gasteiger partial charge in [-0.25, -0.2) is 0 Å². The molecule has 0 radical (unpaired) electrons. The fourth-order valence-corrected chi connectivity index (χ4v) is 3.16. The quantitative estimate of drug-likeness (QED) is 0.526. The van der Waals surface area contributed by atoms with Gasteiger partial charge in [0.1, 0.15) is 5.75 Å². The smallest absolute Gasteiger partial charge is 0.307 e. The Morgan fingerprint density at radius 2 is 1.85 bits per heavy atom. The van der Waals surface area contributed by atoms with Crippen LogP contribution in [0.1, 0.15) is 25.8 Å². The third kappa shape index (κ3) is 5.81. The summed E-state index contributed by atoms with van der Waals surface area (Å²) in [5, 5.41) is 3.21. The molecule has 1 aromatic carbocycles. The summed E-state index contributed by atoms with van der Waals surface area (Å²) >= 11 is 6.99. The largest absolute Gasteiger partial charge is 0.492 e. The summed E-state index contributed by atoms with van der Waals surface area (Å²) in [4.78, 5) is 11.2. The first-order chi connectivity index (χ1) is 9.58. The van der Waals surface area contributed by atoms with E-state index in [1.807, 2.05) is 19.1 Å². The van der Waals surface area contributed by atoms with Gasteiger partial charge in [0, 0.05) is 13.1 Å². The summed E-state index contributed by atoms with van der Waals surface area (Å²) in [6.07, 6.45) is 0.382. The van der Waals surface area contributed by atoms with E-state index in [-0.39, 0.29) is 5.97 Å². The summed E-state index contributed by atoms with van der Waals surface area (Å²) in [7, 11) is 0. The molecule has 0 saturated carbocycles. The van der Waals surface area contributed by atoms with Gasteiger partial charge in [0.2, 0.25) is 0 Å². The van der Waals surface area contributed by atoms with Gasteiger partial charge < -0.3 is 14.8 Å². The molecule has 0 amide bonds. The van der Waals surface area contributed by atoms with Gasteiger partial charge in [-0.15, -0.1) is 0 Å². The molecule has 0 spiro atoms. The maximum absolute atomic E-state index is 11.2. The van der Waals surface area contributed by atoms with E-state index in [2.05, 4.69) is 37.2 Å². The molecule has 0 atom stereocenters. The zero-order valence-electron chi connectivity index (χ0n) is 11.7. The summed E-state index contributed by atoms with van der Waals surface area (Å²) in [6, 6.07) is 4.01. The highest BCUT2D eigenvalue weighted by Crippen LogP contribution is 2.34. The highest BCUT2D eigenvalue weighted by atomic mass is 79.9. The third-order valence-corrected chi connectivity index (χ3v) is 3.67. The fourth-order valence-electron chi connectivity index (χ4n) is 1.65. The van der Waals surface area contributed by atoms with Gasteiger partial charge in [0.25, 0.3) is 0 Å². The van der Waals surface area contributed by atoms with Gasteiger partial charge in [0.05, 0.1) is 28.6 Å². The topological polar surface area (TPSA) is 47.6 Å². The minimum atomic E-state index is -0.172. The number of hydrogen-bond acceptors (Lipinski definition) is 4. The van der Waals surface area contributed by atoms with Crippen molar-refractivity contribution in [3.8, 4) is 5.75 Å². The van der Waals surface area contributed by atoms with Crippen molar-refractivity contribution in [1.29, 1.82) is 0 Å². The number of benzene rings is 1. The normalized spacial score (nSPS) is 10.4. The lowest BCUT2D eigenvalue weighted by Gasteiger charge is -2.11. The number of halogens is 2. The van der Waals surface area contributed by atoms with Crippen molar-refractivity contribution >= 4 is 37.8 Å². The second-order valence-electron chi connectivity index (χ2n) is 4.05. The Balaban J connectivity index is 2.47. The maximum Gasteiger partial charge on any atom is 0.307 e. The second-order valence-corrected chi connectivity index (χ2v) is 5.76. The van der Waals surface area contributed by atoms with E-state index in [1.54, 1.807) is 6.92 Å². The Labute approximate surface area is 136 Å². The Bertz CT molecular complexity index is 429.